The Balaban J connectivity index is 2.82. The fourth-order valence-electron chi connectivity index (χ4n) is 1.77. The Bertz CT molecular complexity index is 410. The molecule has 1 aromatic rings. The number of alkyl halides is 1. The van der Waals surface area contributed by atoms with Crippen molar-refractivity contribution in [1.82, 2.24) is 4.90 Å². The molecule has 0 N–H and O–H groups in total. The van der Waals surface area contributed by atoms with Crippen molar-refractivity contribution in [3.8, 4) is 0 Å². The van der Waals surface area contributed by atoms with Crippen LogP contribution in [0.4, 0.5) is 0 Å². The Hall–Kier alpha value is -0.960. The largest absolute Gasteiger partial charge is 0.466 e. The van der Waals surface area contributed by atoms with Crippen LogP contribution in [0.2, 0.25) is 0 Å². The number of nitrogens with zero attached hydrogens (tertiary/aromatic N) is 1. The monoisotopic (exact) mass is 257 g/mol. The van der Waals surface area contributed by atoms with Gasteiger partial charge in [-0.25, -0.2) is 0 Å². The Kier molecular flexibility index (Phi) is 4.63. The zero-order chi connectivity index (χ0) is 13.2. The van der Waals surface area contributed by atoms with Gasteiger partial charge in [-0.2, -0.15) is 0 Å². The maximum Gasteiger partial charge on any atom is 0.257 e. The van der Waals surface area contributed by atoms with Gasteiger partial charge in [0, 0.05) is 24.5 Å². The number of carbonyl (C=O) groups excluding carboxylic acids is 1. The highest BCUT2D eigenvalue weighted by molar-refractivity contribution is 6.20. The molecule has 0 aliphatic carbocycles. The van der Waals surface area contributed by atoms with E-state index in [-0.39, 0.29) is 11.3 Å². The number of amides is 1. The highest BCUT2D eigenvalue weighted by Crippen LogP contribution is 2.22. The number of aryl methyl sites for hydroxylation is 2. The second kappa shape index (κ2) is 5.58. The number of carbonyl (C=O) groups is 1. The van der Waals surface area contributed by atoms with E-state index in [4.69, 9.17) is 16.0 Å². The summed E-state index contributed by atoms with van der Waals surface area (Å²) in [6.45, 7) is 8.20. The lowest BCUT2D eigenvalue weighted by atomic mass is 10.1. The number of hydrogen-bond donors (Lipinski definition) is 0. The van der Waals surface area contributed by atoms with E-state index in [2.05, 4.69) is 0 Å². The van der Waals surface area contributed by atoms with Gasteiger partial charge in [-0.05, 0) is 34.1 Å². The summed E-state index contributed by atoms with van der Waals surface area (Å²) in [6.07, 6.45) is 0.790. The van der Waals surface area contributed by atoms with Crippen LogP contribution in [0, 0.1) is 20.8 Å². The third-order valence-electron chi connectivity index (χ3n) is 2.98. The van der Waals surface area contributed by atoms with Crippen LogP contribution in [0.25, 0.3) is 0 Å². The van der Waals surface area contributed by atoms with Gasteiger partial charge in [0.05, 0.1) is 5.56 Å². The van der Waals surface area contributed by atoms with Crippen molar-refractivity contribution in [2.45, 2.75) is 39.5 Å². The van der Waals surface area contributed by atoms with Crippen molar-refractivity contribution < 1.29 is 9.21 Å². The lowest BCUT2D eigenvalue weighted by Crippen LogP contribution is -2.29. The van der Waals surface area contributed by atoms with E-state index >= 15 is 0 Å². The average Bonchev–Trinajstić information content (AvgIpc) is 2.49. The molecule has 17 heavy (non-hydrogen) atoms. The van der Waals surface area contributed by atoms with Crippen LogP contribution < -0.4 is 0 Å². The number of halogens is 1. The highest BCUT2D eigenvalue weighted by atomic mass is 35.5. The molecule has 1 aromatic heterocycles. The van der Waals surface area contributed by atoms with E-state index in [1.54, 1.807) is 11.9 Å². The fraction of sp³-hybridized carbons (Fsp3) is 0.615. The van der Waals surface area contributed by atoms with Gasteiger partial charge in [-0.15, -0.1) is 11.6 Å². The zero-order valence-electron chi connectivity index (χ0n) is 11.1. The molecule has 96 valence electrons. The van der Waals surface area contributed by atoms with E-state index in [1.165, 1.54) is 0 Å². The molecule has 0 aliphatic rings. The van der Waals surface area contributed by atoms with Gasteiger partial charge in [0.15, 0.2) is 0 Å². The first-order valence-electron chi connectivity index (χ1n) is 5.80. The smallest absolute Gasteiger partial charge is 0.257 e. The Morgan fingerprint density at radius 3 is 2.35 bits per heavy atom. The van der Waals surface area contributed by atoms with E-state index in [9.17, 15) is 4.79 Å². The maximum absolute atomic E-state index is 12.2. The van der Waals surface area contributed by atoms with Crippen LogP contribution in [0.3, 0.4) is 0 Å². The Morgan fingerprint density at radius 1 is 1.35 bits per heavy atom. The molecular formula is C13H20ClNO2. The quantitative estimate of drug-likeness (QED) is 0.776. The van der Waals surface area contributed by atoms with Gasteiger partial charge in [-0.1, -0.05) is 0 Å². The molecule has 1 heterocycles. The summed E-state index contributed by atoms with van der Waals surface area (Å²) in [6, 6.07) is 0. The maximum atomic E-state index is 12.2. The predicted molar refractivity (Wildman–Crippen MR) is 69.8 cm³/mol. The molecule has 1 rings (SSSR count). The molecule has 1 atom stereocenters. The summed E-state index contributed by atoms with van der Waals surface area (Å²) in [5.41, 5.74) is 1.62. The number of hydrogen-bond acceptors (Lipinski definition) is 2. The minimum absolute atomic E-state index is 0.00849. The summed E-state index contributed by atoms with van der Waals surface area (Å²) >= 11 is 5.88. The summed E-state index contributed by atoms with van der Waals surface area (Å²) in [5, 5.41) is 0.0820. The predicted octanol–water partition coefficient (Wildman–Crippen LogP) is 3.29. The first-order chi connectivity index (χ1) is 7.84. The number of furan rings is 1. The van der Waals surface area contributed by atoms with Crippen molar-refractivity contribution in [2.24, 2.45) is 0 Å². The zero-order valence-corrected chi connectivity index (χ0v) is 11.9. The molecule has 0 saturated heterocycles. The first-order valence-corrected chi connectivity index (χ1v) is 6.24. The lowest BCUT2D eigenvalue weighted by Gasteiger charge is -2.17. The summed E-state index contributed by atoms with van der Waals surface area (Å²) in [7, 11) is 1.79. The summed E-state index contributed by atoms with van der Waals surface area (Å²) < 4.78 is 5.47. The second-order valence-corrected chi connectivity index (χ2v) is 5.26. The van der Waals surface area contributed by atoms with Gasteiger partial charge in [0.25, 0.3) is 5.91 Å². The topological polar surface area (TPSA) is 33.5 Å². The van der Waals surface area contributed by atoms with Crippen molar-refractivity contribution >= 4 is 17.5 Å². The van der Waals surface area contributed by atoms with Crippen molar-refractivity contribution in [3.63, 3.8) is 0 Å². The van der Waals surface area contributed by atoms with Gasteiger partial charge in [0.1, 0.15) is 11.5 Å². The van der Waals surface area contributed by atoms with Crippen LogP contribution in [-0.4, -0.2) is 29.8 Å². The fourth-order valence-corrected chi connectivity index (χ4v) is 1.87. The molecule has 1 amide bonds. The molecule has 0 spiro atoms. The normalized spacial score (nSPS) is 12.6. The molecule has 0 bridgehead atoms. The highest BCUT2D eigenvalue weighted by Gasteiger charge is 2.21. The van der Waals surface area contributed by atoms with Gasteiger partial charge < -0.3 is 9.32 Å². The lowest BCUT2D eigenvalue weighted by molar-refractivity contribution is 0.0791. The standard InChI is InChI=1S/C13H20ClNO2/c1-8(14)6-7-15(5)13(16)12-9(2)10(3)17-11(12)4/h8H,6-7H2,1-5H3. The molecule has 0 aromatic carbocycles. The minimum atomic E-state index is 0.00849. The van der Waals surface area contributed by atoms with E-state index in [0.29, 0.717) is 17.9 Å². The Morgan fingerprint density at radius 2 is 1.94 bits per heavy atom. The molecule has 0 aliphatic heterocycles. The van der Waals surface area contributed by atoms with Crippen LogP contribution in [0.5, 0.6) is 0 Å². The van der Waals surface area contributed by atoms with Crippen molar-refractivity contribution in [1.29, 1.82) is 0 Å². The molecule has 4 heteroatoms. The van der Waals surface area contributed by atoms with Crippen molar-refractivity contribution in [3.05, 3.63) is 22.6 Å². The number of rotatable bonds is 4. The third kappa shape index (κ3) is 3.25. The average molecular weight is 258 g/mol. The molecule has 0 fully saturated rings. The third-order valence-corrected chi connectivity index (χ3v) is 3.20. The molecular weight excluding hydrogens is 238 g/mol. The van der Waals surface area contributed by atoms with Crippen LogP contribution in [0.1, 0.15) is 40.8 Å². The van der Waals surface area contributed by atoms with Crippen LogP contribution in [-0.2, 0) is 0 Å². The molecule has 1 unspecified atom stereocenters. The first kappa shape index (κ1) is 14.1. The van der Waals surface area contributed by atoms with E-state index in [0.717, 1.165) is 17.7 Å². The van der Waals surface area contributed by atoms with Crippen molar-refractivity contribution in [2.75, 3.05) is 13.6 Å². The van der Waals surface area contributed by atoms with Crippen LogP contribution >= 0.6 is 11.6 Å². The van der Waals surface area contributed by atoms with Crippen LogP contribution in [0.15, 0.2) is 4.42 Å². The molecule has 0 radical (unpaired) electrons. The summed E-state index contributed by atoms with van der Waals surface area (Å²) in [5.74, 6) is 1.51. The minimum Gasteiger partial charge on any atom is -0.466 e. The SMILES string of the molecule is Cc1oc(C)c(C(=O)N(C)CCC(C)Cl)c1C. The van der Waals surface area contributed by atoms with Gasteiger partial charge >= 0.3 is 0 Å². The van der Waals surface area contributed by atoms with Gasteiger partial charge in [0.2, 0.25) is 0 Å². The summed E-state index contributed by atoms with van der Waals surface area (Å²) in [4.78, 5) is 13.9. The van der Waals surface area contributed by atoms with Gasteiger partial charge in [-0.3, -0.25) is 4.79 Å². The van der Waals surface area contributed by atoms with E-state index < -0.39 is 0 Å². The van der Waals surface area contributed by atoms with E-state index in [1.807, 2.05) is 27.7 Å². The Labute approximate surface area is 108 Å². The molecule has 0 saturated carbocycles. The second-order valence-electron chi connectivity index (χ2n) is 4.51. The molecule has 3 nitrogen and oxygen atoms in total.